The number of hydrogen-bond acceptors (Lipinski definition) is 5. The highest BCUT2D eigenvalue weighted by atomic mass is 32.2. The molecule has 0 aromatic heterocycles. The number of thioether (sulfide) groups is 1. The van der Waals surface area contributed by atoms with E-state index in [0.29, 0.717) is 24.2 Å². The second kappa shape index (κ2) is 6.47. The van der Waals surface area contributed by atoms with Gasteiger partial charge in [0.1, 0.15) is 0 Å². The van der Waals surface area contributed by atoms with Crippen molar-refractivity contribution in [1.82, 2.24) is 0 Å². The summed E-state index contributed by atoms with van der Waals surface area (Å²) in [5, 5.41) is 9.68. The van der Waals surface area contributed by atoms with Crippen molar-refractivity contribution in [3.8, 4) is 0 Å². The lowest BCUT2D eigenvalue weighted by Crippen LogP contribution is -2.41. The van der Waals surface area contributed by atoms with Crippen molar-refractivity contribution in [2.45, 2.75) is 41.2 Å². The predicted octanol–water partition coefficient (Wildman–Crippen LogP) is 1.67. The molecular formula is C14H21NO3S2. The molecule has 20 heavy (non-hydrogen) atoms. The molecule has 0 radical (unpaired) electrons. The predicted molar refractivity (Wildman–Crippen MR) is 81.6 cm³/mol. The number of sulfone groups is 1. The largest absolute Gasteiger partial charge is 0.393 e. The molecule has 0 amide bonds. The van der Waals surface area contributed by atoms with Crippen LogP contribution in [0.5, 0.6) is 0 Å². The molecule has 0 aliphatic heterocycles. The van der Waals surface area contributed by atoms with Crippen molar-refractivity contribution in [1.29, 1.82) is 0 Å². The van der Waals surface area contributed by atoms with Gasteiger partial charge in [0.05, 0.1) is 16.8 Å². The Balaban J connectivity index is 2.13. The Hall–Kier alpha value is -0.560. The van der Waals surface area contributed by atoms with Crippen LogP contribution in [0.25, 0.3) is 0 Å². The highest BCUT2D eigenvalue weighted by molar-refractivity contribution is 7.98. The summed E-state index contributed by atoms with van der Waals surface area (Å²) in [5.41, 5.74) is 5.99. The van der Waals surface area contributed by atoms with Gasteiger partial charge >= 0.3 is 0 Å². The summed E-state index contributed by atoms with van der Waals surface area (Å²) in [4.78, 5) is 1.37. The van der Waals surface area contributed by atoms with Crippen molar-refractivity contribution in [3.05, 3.63) is 24.3 Å². The Bertz CT molecular complexity index is 542. The minimum atomic E-state index is -3.34. The van der Waals surface area contributed by atoms with Gasteiger partial charge in [-0.25, -0.2) is 8.42 Å². The third-order valence-electron chi connectivity index (χ3n) is 3.87. The van der Waals surface area contributed by atoms with Crippen LogP contribution >= 0.6 is 11.8 Å². The number of aliphatic hydroxyl groups is 1. The topological polar surface area (TPSA) is 80.4 Å². The molecule has 3 N–H and O–H groups in total. The van der Waals surface area contributed by atoms with E-state index in [1.165, 1.54) is 0 Å². The van der Waals surface area contributed by atoms with Gasteiger partial charge in [0.2, 0.25) is 0 Å². The molecule has 4 nitrogen and oxygen atoms in total. The third-order valence-corrected chi connectivity index (χ3v) is 6.47. The lowest BCUT2D eigenvalue weighted by molar-refractivity contribution is 0.0969. The maximum absolute atomic E-state index is 12.4. The molecule has 6 heteroatoms. The quantitative estimate of drug-likeness (QED) is 0.826. The van der Waals surface area contributed by atoms with Crippen LogP contribution in [0, 0.1) is 5.92 Å². The molecule has 0 heterocycles. The van der Waals surface area contributed by atoms with E-state index in [1.54, 1.807) is 23.9 Å². The van der Waals surface area contributed by atoms with Gasteiger partial charge in [-0.2, -0.15) is 0 Å². The maximum atomic E-state index is 12.4. The summed E-state index contributed by atoms with van der Waals surface area (Å²) in [5.74, 6) is -0.145. The van der Waals surface area contributed by atoms with Crippen molar-refractivity contribution in [3.63, 3.8) is 0 Å². The summed E-state index contributed by atoms with van der Waals surface area (Å²) in [7, 11) is -3.34. The molecule has 2 rings (SSSR count). The summed E-state index contributed by atoms with van der Waals surface area (Å²) >= 11 is 1.58. The van der Waals surface area contributed by atoms with Gasteiger partial charge in [-0.15, -0.1) is 11.8 Å². The van der Waals surface area contributed by atoms with Crippen LogP contribution in [0.2, 0.25) is 0 Å². The fraction of sp³-hybridized carbons (Fsp3) is 0.571. The first-order valence-electron chi connectivity index (χ1n) is 6.73. The van der Waals surface area contributed by atoms with E-state index in [9.17, 15) is 13.5 Å². The van der Waals surface area contributed by atoms with Gasteiger partial charge in [-0.3, -0.25) is 0 Å². The van der Waals surface area contributed by atoms with Crippen LogP contribution < -0.4 is 5.73 Å². The molecule has 3 atom stereocenters. The monoisotopic (exact) mass is 315 g/mol. The Labute approximate surface area is 124 Å². The van der Waals surface area contributed by atoms with Gasteiger partial charge in [0.25, 0.3) is 0 Å². The van der Waals surface area contributed by atoms with Crippen LogP contribution in [0.3, 0.4) is 0 Å². The number of rotatable bonds is 4. The second-order valence-electron chi connectivity index (χ2n) is 5.35. The standard InChI is InChI=1S/C14H21NO3S2/c1-19-12-3-5-13(6-4-12)20(17,18)9-10-8-11(16)2-7-14(10)15/h3-6,10-11,14,16H,2,7-9,15H2,1H3/t10-,11-,14-/m0/s1. The van der Waals surface area contributed by atoms with E-state index in [0.717, 1.165) is 4.90 Å². The third kappa shape index (κ3) is 3.75. The van der Waals surface area contributed by atoms with Crippen LogP contribution in [-0.2, 0) is 9.84 Å². The Kier molecular flexibility index (Phi) is 5.12. The fourth-order valence-electron chi connectivity index (χ4n) is 2.62. The molecule has 1 aromatic carbocycles. The van der Waals surface area contributed by atoms with Gasteiger partial charge < -0.3 is 10.8 Å². The van der Waals surface area contributed by atoms with Gasteiger partial charge in [0.15, 0.2) is 9.84 Å². The molecule has 1 aliphatic rings. The van der Waals surface area contributed by atoms with E-state index in [-0.39, 0.29) is 17.7 Å². The molecule has 0 bridgehead atoms. The first kappa shape index (κ1) is 15.8. The number of benzene rings is 1. The molecule has 0 unspecified atom stereocenters. The minimum absolute atomic E-state index is 0.0177. The Morgan fingerprint density at radius 2 is 1.95 bits per heavy atom. The zero-order chi connectivity index (χ0) is 14.8. The van der Waals surface area contributed by atoms with Gasteiger partial charge in [-0.05, 0) is 55.7 Å². The van der Waals surface area contributed by atoms with Crippen LogP contribution in [0.1, 0.15) is 19.3 Å². The molecule has 1 aliphatic carbocycles. The van der Waals surface area contributed by atoms with E-state index in [1.807, 2.05) is 18.4 Å². The average Bonchev–Trinajstić information content (AvgIpc) is 2.43. The summed E-state index contributed by atoms with van der Waals surface area (Å²) in [6, 6.07) is 6.77. The van der Waals surface area contributed by atoms with E-state index >= 15 is 0 Å². The molecule has 0 saturated heterocycles. The smallest absolute Gasteiger partial charge is 0.178 e. The number of nitrogens with two attached hydrogens (primary N) is 1. The van der Waals surface area contributed by atoms with Crippen LogP contribution in [-0.4, -0.2) is 37.7 Å². The van der Waals surface area contributed by atoms with Crippen molar-refractivity contribution >= 4 is 21.6 Å². The maximum Gasteiger partial charge on any atom is 0.178 e. The summed E-state index contributed by atoms with van der Waals surface area (Å²) in [6.45, 7) is 0. The summed E-state index contributed by atoms with van der Waals surface area (Å²) in [6.07, 6.45) is 3.36. The molecule has 1 fully saturated rings. The lowest BCUT2D eigenvalue weighted by atomic mass is 9.85. The first-order valence-corrected chi connectivity index (χ1v) is 9.60. The van der Waals surface area contributed by atoms with E-state index < -0.39 is 15.9 Å². The molecule has 0 spiro atoms. The van der Waals surface area contributed by atoms with Crippen LogP contribution in [0.15, 0.2) is 34.1 Å². The van der Waals surface area contributed by atoms with E-state index in [4.69, 9.17) is 5.73 Å². The zero-order valence-corrected chi connectivity index (χ0v) is 13.2. The Morgan fingerprint density at radius 3 is 2.55 bits per heavy atom. The highest BCUT2D eigenvalue weighted by Crippen LogP contribution is 2.27. The fourth-order valence-corrected chi connectivity index (χ4v) is 4.71. The van der Waals surface area contributed by atoms with E-state index in [2.05, 4.69) is 0 Å². The second-order valence-corrected chi connectivity index (χ2v) is 8.26. The average molecular weight is 315 g/mol. The molecule has 1 saturated carbocycles. The first-order chi connectivity index (χ1) is 9.42. The number of hydrogen-bond donors (Lipinski definition) is 2. The lowest BCUT2D eigenvalue weighted by Gasteiger charge is -2.31. The van der Waals surface area contributed by atoms with Crippen LogP contribution in [0.4, 0.5) is 0 Å². The summed E-state index contributed by atoms with van der Waals surface area (Å²) < 4.78 is 24.8. The van der Waals surface area contributed by atoms with Crippen molar-refractivity contribution in [2.75, 3.05) is 12.0 Å². The zero-order valence-electron chi connectivity index (χ0n) is 11.5. The van der Waals surface area contributed by atoms with Crippen molar-refractivity contribution in [2.24, 2.45) is 11.7 Å². The molecule has 1 aromatic rings. The van der Waals surface area contributed by atoms with Gasteiger partial charge in [-0.1, -0.05) is 0 Å². The number of aliphatic hydroxyl groups excluding tert-OH is 1. The normalized spacial score (nSPS) is 27.4. The SMILES string of the molecule is CSc1ccc(S(=O)(=O)C[C@@H]2C[C@@H](O)CC[C@@H]2N)cc1. The minimum Gasteiger partial charge on any atom is -0.393 e. The van der Waals surface area contributed by atoms with Gasteiger partial charge in [0, 0.05) is 10.9 Å². The highest BCUT2D eigenvalue weighted by Gasteiger charge is 2.31. The van der Waals surface area contributed by atoms with Crippen molar-refractivity contribution < 1.29 is 13.5 Å². The molecule has 112 valence electrons. The Morgan fingerprint density at radius 1 is 1.30 bits per heavy atom. The molecular weight excluding hydrogens is 294 g/mol.